The quantitative estimate of drug-likeness (QED) is 0.500. The van der Waals surface area contributed by atoms with Crippen LogP contribution in [0.2, 0.25) is 0 Å². The van der Waals surface area contributed by atoms with Gasteiger partial charge in [0.2, 0.25) is 0 Å². The Morgan fingerprint density at radius 1 is 0.962 bits per heavy atom. The summed E-state index contributed by atoms with van der Waals surface area (Å²) in [5.74, 6) is 1.02. The minimum atomic E-state index is -2.87. The van der Waals surface area contributed by atoms with Crippen molar-refractivity contribution in [3.63, 3.8) is 0 Å². The van der Waals surface area contributed by atoms with E-state index in [4.69, 9.17) is 9.47 Å². The first-order chi connectivity index (χ1) is 12.6. The standard InChI is InChI=1S/C22H20F2O2/c1-3-5-16-6-7-18-14-17(10-13-20(18)21(16)26-22(23)24)15-8-11-19(12-9-15)25-4-2/h3,5-14,22H,4H2,1-2H3/b5-3+. The van der Waals surface area contributed by atoms with Crippen LogP contribution in [0.3, 0.4) is 0 Å². The molecular weight excluding hydrogens is 334 g/mol. The molecule has 3 rings (SSSR count). The minimum absolute atomic E-state index is 0.203. The maximum Gasteiger partial charge on any atom is 0.387 e. The van der Waals surface area contributed by atoms with Gasteiger partial charge < -0.3 is 9.47 Å². The molecule has 0 amide bonds. The summed E-state index contributed by atoms with van der Waals surface area (Å²) in [5, 5.41) is 1.51. The molecule has 0 atom stereocenters. The van der Waals surface area contributed by atoms with Crippen LogP contribution in [0.25, 0.3) is 28.0 Å². The molecule has 0 aromatic heterocycles. The van der Waals surface area contributed by atoms with Gasteiger partial charge in [0.1, 0.15) is 11.5 Å². The third-order valence-electron chi connectivity index (χ3n) is 4.05. The number of hydrogen-bond donors (Lipinski definition) is 0. The SMILES string of the molecule is C/C=C/c1ccc2cc(-c3ccc(OCC)cc3)ccc2c1OC(F)F. The van der Waals surface area contributed by atoms with Crippen LogP contribution in [0, 0.1) is 0 Å². The number of hydrogen-bond acceptors (Lipinski definition) is 2. The molecule has 0 heterocycles. The Hall–Kier alpha value is -2.88. The van der Waals surface area contributed by atoms with Gasteiger partial charge in [-0.1, -0.05) is 48.6 Å². The second-order valence-electron chi connectivity index (χ2n) is 5.76. The van der Waals surface area contributed by atoms with Crippen LogP contribution >= 0.6 is 0 Å². The highest BCUT2D eigenvalue weighted by Gasteiger charge is 2.13. The average Bonchev–Trinajstić information content (AvgIpc) is 2.64. The molecule has 3 aromatic rings. The Bertz CT molecular complexity index is 915. The van der Waals surface area contributed by atoms with Gasteiger partial charge in [-0.05, 0) is 48.6 Å². The summed E-state index contributed by atoms with van der Waals surface area (Å²) in [6.45, 7) is 1.54. The summed E-state index contributed by atoms with van der Waals surface area (Å²) < 4.78 is 36.0. The Balaban J connectivity index is 2.04. The second kappa shape index (κ2) is 8.00. The Morgan fingerprint density at radius 3 is 2.35 bits per heavy atom. The van der Waals surface area contributed by atoms with Gasteiger partial charge in [0.25, 0.3) is 0 Å². The smallest absolute Gasteiger partial charge is 0.387 e. The highest BCUT2D eigenvalue weighted by atomic mass is 19.3. The van der Waals surface area contributed by atoms with Crippen molar-refractivity contribution in [1.29, 1.82) is 0 Å². The predicted octanol–water partition coefficient (Wildman–Crippen LogP) is 6.54. The maximum atomic E-state index is 12.9. The predicted molar refractivity (Wildman–Crippen MR) is 102 cm³/mol. The molecular formula is C22H20F2O2. The largest absolute Gasteiger partial charge is 0.494 e. The van der Waals surface area contributed by atoms with Gasteiger partial charge >= 0.3 is 6.61 Å². The van der Waals surface area contributed by atoms with E-state index in [1.54, 1.807) is 18.2 Å². The number of allylic oxidation sites excluding steroid dienone is 1. The lowest BCUT2D eigenvalue weighted by Crippen LogP contribution is -2.04. The van der Waals surface area contributed by atoms with E-state index in [-0.39, 0.29) is 5.75 Å². The highest BCUT2D eigenvalue weighted by molar-refractivity contribution is 5.94. The number of fused-ring (bicyclic) bond motifs is 1. The third kappa shape index (κ3) is 3.85. The Labute approximate surface area is 151 Å². The van der Waals surface area contributed by atoms with E-state index < -0.39 is 6.61 Å². The van der Waals surface area contributed by atoms with Gasteiger partial charge in [-0.15, -0.1) is 0 Å². The Kier molecular flexibility index (Phi) is 5.52. The lowest BCUT2D eigenvalue weighted by molar-refractivity contribution is -0.0489. The van der Waals surface area contributed by atoms with Gasteiger partial charge in [0.05, 0.1) is 6.61 Å². The van der Waals surface area contributed by atoms with Gasteiger partial charge in [-0.2, -0.15) is 8.78 Å². The number of benzene rings is 3. The molecule has 3 aromatic carbocycles. The molecule has 2 nitrogen and oxygen atoms in total. The highest BCUT2D eigenvalue weighted by Crippen LogP contribution is 2.35. The average molecular weight is 354 g/mol. The molecule has 0 aliphatic carbocycles. The van der Waals surface area contributed by atoms with Crippen molar-refractivity contribution < 1.29 is 18.3 Å². The van der Waals surface area contributed by atoms with Crippen molar-refractivity contribution in [3.05, 3.63) is 66.2 Å². The van der Waals surface area contributed by atoms with Crippen LogP contribution in [0.4, 0.5) is 8.78 Å². The molecule has 134 valence electrons. The van der Waals surface area contributed by atoms with Gasteiger partial charge in [0, 0.05) is 10.9 Å². The van der Waals surface area contributed by atoms with E-state index in [1.807, 2.05) is 62.4 Å². The number of ether oxygens (including phenoxy) is 2. The molecule has 0 unspecified atom stereocenters. The van der Waals surface area contributed by atoms with E-state index in [1.165, 1.54) is 0 Å². The molecule has 0 radical (unpaired) electrons. The summed E-state index contributed by atoms with van der Waals surface area (Å²) in [7, 11) is 0. The van der Waals surface area contributed by atoms with E-state index in [0.29, 0.717) is 17.6 Å². The van der Waals surface area contributed by atoms with Crippen LogP contribution in [0.5, 0.6) is 11.5 Å². The van der Waals surface area contributed by atoms with Crippen LogP contribution in [-0.4, -0.2) is 13.2 Å². The topological polar surface area (TPSA) is 18.5 Å². The van der Waals surface area contributed by atoms with Gasteiger partial charge in [-0.25, -0.2) is 0 Å². The summed E-state index contributed by atoms with van der Waals surface area (Å²) in [4.78, 5) is 0. The van der Waals surface area contributed by atoms with Crippen molar-refractivity contribution in [2.75, 3.05) is 6.61 Å². The lowest BCUT2D eigenvalue weighted by atomic mass is 9.99. The number of alkyl halides is 2. The summed E-state index contributed by atoms with van der Waals surface area (Å²) in [6, 6.07) is 17.2. The third-order valence-corrected chi connectivity index (χ3v) is 4.05. The van der Waals surface area contributed by atoms with Crippen molar-refractivity contribution in [1.82, 2.24) is 0 Å². The molecule has 0 fully saturated rings. The zero-order valence-corrected chi connectivity index (χ0v) is 14.7. The van der Waals surface area contributed by atoms with E-state index >= 15 is 0 Å². The van der Waals surface area contributed by atoms with E-state index in [9.17, 15) is 8.78 Å². The molecule has 0 saturated carbocycles. The lowest BCUT2D eigenvalue weighted by Gasteiger charge is -2.13. The fraction of sp³-hybridized carbons (Fsp3) is 0.182. The monoisotopic (exact) mass is 354 g/mol. The fourth-order valence-electron chi connectivity index (χ4n) is 2.94. The van der Waals surface area contributed by atoms with Gasteiger partial charge in [0.15, 0.2) is 0 Å². The molecule has 0 aliphatic heterocycles. The van der Waals surface area contributed by atoms with Crippen LogP contribution < -0.4 is 9.47 Å². The number of halogens is 2. The maximum absolute atomic E-state index is 12.9. The minimum Gasteiger partial charge on any atom is -0.494 e. The molecule has 0 saturated heterocycles. The van der Waals surface area contributed by atoms with Crippen molar-refractivity contribution in [3.8, 4) is 22.6 Å². The van der Waals surface area contributed by atoms with Gasteiger partial charge in [-0.3, -0.25) is 0 Å². The van der Waals surface area contributed by atoms with E-state index in [0.717, 1.165) is 22.3 Å². The molecule has 4 heteroatoms. The fourth-order valence-corrected chi connectivity index (χ4v) is 2.94. The van der Waals surface area contributed by atoms with Crippen LogP contribution in [0.1, 0.15) is 19.4 Å². The normalized spacial score (nSPS) is 11.4. The second-order valence-corrected chi connectivity index (χ2v) is 5.76. The summed E-state index contributed by atoms with van der Waals surface area (Å²) in [6.07, 6.45) is 3.56. The van der Waals surface area contributed by atoms with Crippen LogP contribution in [-0.2, 0) is 0 Å². The first kappa shape index (κ1) is 17.9. The molecule has 0 spiro atoms. The first-order valence-corrected chi connectivity index (χ1v) is 8.50. The summed E-state index contributed by atoms with van der Waals surface area (Å²) >= 11 is 0. The Morgan fingerprint density at radius 2 is 1.69 bits per heavy atom. The zero-order valence-electron chi connectivity index (χ0n) is 14.7. The summed E-state index contributed by atoms with van der Waals surface area (Å²) in [5.41, 5.74) is 2.67. The van der Waals surface area contributed by atoms with Crippen molar-refractivity contribution in [2.45, 2.75) is 20.5 Å². The molecule has 0 aliphatic rings. The molecule has 0 bridgehead atoms. The van der Waals surface area contributed by atoms with E-state index in [2.05, 4.69) is 0 Å². The van der Waals surface area contributed by atoms with Crippen LogP contribution in [0.15, 0.2) is 60.7 Å². The first-order valence-electron chi connectivity index (χ1n) is 8.50. The molecule has 0 N–H and O–H groups in total. The zero-order chi connectivity index (χ0) is 18.5. The molecule has 26 heavy (non-hydrogen) atoms. The van der Waals surface area contributed by atoms with Crippen molar-refractivity contribution >= 4 is 16.8 Å². The van der Waals surface area contributed by atoms with Crippen molar-refractivity contribution in [2.24, 2.45) is 0 Å². The number of rotatable bonds is 6.